The molecule has 1 atom stereocenters. The molecule has 160 valence electrons. The number of amides is 2. The second-order valence-corrected chi connectivity index (χ2v) is 6.49. The van der Waals surface area contributed by atoms with Crippen LogP contribution in [0.3, 0.4) is 0 Å². The number of carbonyl (C=O) groups is 2. The van der Waals surface area contributed by atoms with Crippen LogP contribution < -0.4 is 14.8 Å². The first-order chi connectivity index (χ1) is 14.4. The van der Waals surface area contributed by atoms with Crippen molar-refractivity contribution in [3.63, 3.8) is 0 Å². The largest absolute Gasteiger partial charge is 0.490 e. The van der Waals surface area contributed by atoms with E-state index in [-0.39, 0.29) is 35.6 Å². The summed E-state index contributed by atoms with van der Waals surface area (Å²) in [5, 5.41) is 13.5. The molecule has 0 saturated heterocycles. The van der Waals surface area contributed by atoms with E-state index in [1.54, 1.807) is 6.92 Å². The van der Waals surface area contributed by atoms with E-state index in [0.29, 0.717) is 13.0 Å². The van der Waals surface area contributed by atoms with E-state index >= 15 is 0 Å². The fraction of sp³-hybridized carbons (Fsp3) is 0.333. The molecule has 0 aromatic heterocycles. The lowest BCUT2D eigenvalue weighted by atomic mass is 10.1. The highest BCUT2D eigenvalue weighted by atomic mass is 16.6. The van der Waals surface area contributed by atoms with Gasteiger partial charge in [0.2, 0.25) is 11.7 Å². The zero-order valence-electron chi connectivity index (χ0n) is 17.2. The lowest BCUT2D eigenvalue weighted by molar-refractivity contribution is -0.385. The van der Waals surface area contributed by atoms with Gasteiger partial charge in [0.25, 0.3) is 5.91 Å². The number of nitrogens with zero attached hydrogens (tertiary/aromatic N) is 2. The van der Waals surface area contributed by atoms with Gasteiger partial charge in [-0.05, 0) is 25.0 Å². The summed E-state index contributed by atoms with van der Waals surface area (Å²) in [6, 6.07) is 12.9. The van der Waals surface area contributed by atoms with Gasteiger partial charge in [-0.3, -0.25) is 19.7 Å². The number of rotatable bonds is 10. The predicted octanol–water partition coefficient (Wildman–Crippen LogP) is 2.19. The second kappa shape index (κ2) is 10.8. The minimum absolute atomic E-state index is 0.0320. The third-order valence-corrected chi connectivity index (χ3v) is 4.61. The van der Waals surface area contributed by atoms with Gasteiger partial charge < -0.3 is 19.7 Å². The summed E-state index contributed by atoms with van der Waals surface area (Å²) in [6.07, 6.45) is 0.583. The molecular formula is C21H25N3O6. The van der Waals surface area contributed by atoms with Gasteiger partial charge in [0, 0.05) is 25.7 Å². The van der Waals surface area contributed by atoms with Crippen LogP contribution in [-0.4, -0.2) is 55.0 Å². The van der Waals surface area contributed by atoms with Crippen molar-refractivity contribution in [2.24, 2.45) is 0 Å². The van der Waals surface area contributed by atoms with E-state index < -0.39 is 11.0 Å². The summed E-state index contributed by atoms with van der Waals surface area (Å²) in [5.74, 6) is -0.376. The van der Waals surface area contributed by atoms with Crippen LogP contribution in [0.2, 0.25) is 0 Å². The van der Waals surface area contributed by atoms with Crippen LogP contribution >= 0.6 is 0 Å². The Morgan fingerprint density at radius 1 is 1.20 bits per heavy atom. The van der Waals surface area contributed by atoms with E-state index in [9.17, 15) is 19.7 Å². The van der Waals surface area contributed by atoms with Crippen molar-refractivity contribution in [1.29, 1.82) is 0 Å². The molecule has 0 radical (unpaired) electrons. The molecule has 9 heteroatoms. The van der Waals surface area contributed by atoms with Crippen molar-refractivity contribution in [2.75, 3.05) is 27.3 Å². The molecule has 2 amide bonds. The molecule has 2 rings (SSSR count). The first kappa shape index (κ1) is 22.7. The molecular weight excluding hydrogens is 390 g/mol. The number of benzene rings is 2. The Morgan fingerprint density at radius 3 is 2.50 bits per heavy atom. The van der Waals surface area contributed by atoms with Crippen LogP contribution in [0, 0.1) is 10.1 Å². The van der Waals surface area contributed by atoms with Crippen molar-refractivity contribution in [3.8, 4) is 11.5 Å². The van der Waals surface area contributed by atoms with Crippen molar-refractivity contribution < 1.29 is 24.0 Å². The van der Waals surface area contributed by atoms with Crippen LogP contribution in [0.4, 0.5) is 5.69 Å². The fourth-order valence-electron chi connectivity index (χ4n) is 2.91. The molecule has 2 aromatic carbocycles. The molecule has 0 fully saturated rings. The number of nitrogens with one attached hydrogen (secondary N) is 1. The Kier molecular flexibility index (Phi) is 8.16. The monoisotopic (exact) mass is 415 g/mol. The highest BCUT2D eigenvalue weighted by molar-refractivity contribution is 5.87. The van der Waals surface area contributed by atoms with E-state index in [4.69, 9.17) is 9.47 Å². The smallest absolute Gasteiger partial charge is 0.311 e. The Balaban J connectivity index is 2.09. The molecule has 0 heterocycles. The molecule has 9 nitrogen and oxygen atoms in total. The molecule has 0 spiro atoms. The highest BCUT2D eigenvalue weighted by Gasteiger charge is 2.25. The normalized spacial score (nSPS) is 11.3. The van der Waals surface area contributed by atoms with Crippen molar-refractivity contribution in [3.05, 3.63) is 64.2 Å². The number of likely N-dealkylation sites (N-methyl/N-ethyl adjacent to an activating group) is 1. The molecule has 0 aliphatic carbocycles. The van der Waals surface area contributed by atoms with Crippen molar-refractivity contribution >= 4 is 17.5 Å². The summed E-state index contributed by atoms with van der Waals surface area (Å²) in [4.78, 5) is 36.8. The number of methoxy groups -OCH3 is 1. The minimum atomic E-state index is -0.679. The Bertz CT molecular complexity index is 888. The summed E-state index contributed by atoms with van der Waals surface area (Å²) >= 11 is 0. The maximum atomic E-state index is 12.8. The Labute approximate surface area is 174 Å². The summed E-state index contributed by atoms with van der Waals surface area (Å²) < 4.78 is 10.5. The molecule has 1 unspecified atom stereocenters. The Morgan fingerprint density at radius 2 is 1.90 bits per heavy atom. The first-order valence-corrected chi connectivity index (χ1v) is 9.37. The van der Waals surface area contributed by atoms with Gasteiger partial charge in [-0.15, -0.1) is 0 Å². The van der Waals surface area contributed by atoms with Gasteiger partial charge in [0.1, 0.15) is 11.8 Å². The van der Waals surface area contributed by atoms with Gasteiger partial charge in [-0.1, -0.05) is 30.3 Å². The average Bonchev–Trinajstić information content (AvgIpc) is 2.77. The van der Waals surface area contributed by atoms with Gasteiger partial charge in [0.15, 0.2) is 6.61 Å². The topological polar surface area (TPSA) is 111 Å². The van der Waals surface area contributed by atoms with E-state index in [2.05, 4.69) is 5.32 Å². The van der Waals surface area contributed by atoms with Crippen LogP contribution in [0.15, 0.2) is 48.5 Å². The third kappa shape index (κ3) is 5.94. The van der Waals surface area contributed by atoms with Crippen LogP contribution in [0.1, 0.15) is 12.5 Å². The zero-order valence-corrected chi connectivity index (χ0v) is 17.2. The summed E-state index contributed by atoms with van der Waals surface area (Å²) in [6.45, 7) is 1.66. The Hall–Kier alpha value is -3.62. The molecule has 30 heavy (non-hydrogen) atoms. The van der Waals surface area contributed by atoms with Crippen LogP contribution in [0.25, 0.3) is 0 Å². The van der Waals surface area contributed by atoms with Gasteiger partial charge in [-0.25, -0.2) is 0 Å². The maximum Gasteiger partial charge on any atom is 0.311 e. The third-order valence-electron chi connectivity index (χ3n) is 4.61. The van der Waals surface area contributed by atoms with Gasteiger partial charge in [-0.2, -0.15) is 0 Å². The first-order valence-electron chi connectivity index (χ1n) is 9.37. The van der Waals surface area contributed by atoms with E-state index in [1.807, 2.05) is 30.3 Å². The lowest BCUT2D eigenvalue weighted by Crippen LogP contribution is -2.49. The summed E-state index contributed by atoms with van der Waals surface area (Å²) in [5.41, 5.74) is 0.842. The standard InChI is InChI=1S/C21H25N3O6/c1-15(21(26)22-2)23(12-11-16-7-5-4-6-8-16)20(25)14-30-17-9-10-18(24(27)28)19(13-17)29-3/h4-10,13,15H,11-12,14H2,1-3H3,(H,22,26). The molecule has 1 N–H and O–H groups in total. The number of ether oxygens (including phenoxy) is 2. The average molecular weight is 415 g/mol. The lowest BCUT2D eigenvalue weighted by Gasteiger charge is -2.28. The van der Waals surface area contributed by atoms with Crippen molar-refractivity contribution in [2.45, 2.75) is 19.4 Å². The number of nitro benzene ring substituents is 1. The second-order valence-electron chi connectivity index (χ2n) is 6.49. The number of hydrogen-bond donors (Lipinski definition) is 1. The molecule has 0 aliphatic rings. The quantitative estimate of drug-likeness (QED) is 0.470. The molecule has 0 bridgehead atoms. The molecule has 2 aromatic rings. The minimum Gasteiger partial charge on any atom is -0.490 e. The van der Waals surface area contributed by atoms with Crippen molar-refractivity contribution in [1.82, 2.24) is 10.2 Å². The number of nitro groups is 1. The fourth-order valence-corrected chi connectivity index (χ4v) is 2.91. The predicted molar refractivity (Wildman–Crippen MR) is 111 cm³/mol. The molecule has 0 aliphatic heterocycles. The number of carbonyl (C=O) groups excluding carboxylic acids is 2. The van der Waals surface area contributed by atoms with E-state index in [0.717, 1.165) is 5.56 Å². The SMILES string of the molecule is CNC(=O)C(C)N(CCc1ccccc1)C(=O)COc1ccc([N+](=O)[O-])c(OC)c1. The molecule has 0 saturated carbocycles. The highest BCUT2D eigenvalue weighted by Crippen LogP contribution is 2.30. The van der Waals surface area contributed by atoms with E-state index in [1.165, 1.54) is 37.3 Å². The van der Waals surface area contributed by atoms with Gasteiger partial charge in [0.05, 0.1) is 12.0 Å². The number of hydrogen-bond acceptors (Lipinski definition) is 6. The van der Waals surface area contributed by atoms with Gasteiger partial charge >= 0.3 is 5.69 Å². The summed E-state index contributed by atoms with van der Waals surface area (Å²) in [7, 11) is 2.83. The van der Waals surface area contributed by atoms with Crippen LogP contribution in [0.5, 0.6) is 11.5 Å². The van der Waals surface area contributed by atoms with Crippen LogP contribution in [-0.2, 0) is 16.0 Å². The maximum absolute atomic E-state index is 12.8. The zero-order chi connectivity index (χ0) is 22.1.